The number of alkyl halides is 2. The van der Waals surface area contributed by atoms with E-state index in [1.807, 2.05) is 43.6 Å². The van der Waals surface area contributed by atoms with Gasteiger partial charge in [0.1, 0.15) is 11.9 Å². The van der Waals surface area contributed by atoms with Gasteiger partial charge in [-0.2, -0.15) is 0 Å². The van der Waals surface area contributed by atoms with Gasteiger partial charge in [0.15, 0.2) is 0 Å². The van der Waals surface area contributed by atoms with Gasteiger partial charge in [0.05, 0.1) is 12.1 Å². The maximum atomic E-state index is 12.7. The first-order chi connectivity index (χ1) is 13.1. The summed E-state index contributed by atoms with van der Waals surface area (Å²) in [5.41, 5.74) is 1.82. The fraction of sp³-hybridized carbons (Fsp3) is 0.400. The highest BCUT2D eigenvalue weighted by molar-refractivity contribution is 5.86. The first kappa shape index (κ1) is 17.7. The molecule has 0 radical (unpaired) electrons. The Morgan fingerprint density at radius 1 is 1.15 bits per heavy atom. The average molecular weight is 372 g/mol. The van der Waals surface area contributed by atoms with Crippen LogP contribution in [0.2, 0.25) is 0 Å². The summed E-state index contributed by atoms with van der Waals surface area (Å²) in [5.74, 6) is 1.51. The lowest BCUT2D eigenvalue weighted by Crippen LogP contribution is -2.39. The second kappa shape index (κ2) is 7.50. The summed E-state index contributed by atoms with van der Waals surface area (Å²) in [6, 6.07) is 7.46. The van der Waals surface area contributed by atoms with Gasteiger partial charge in [-0.15, -0.1) is 0 Å². The maximum Gasteiger partial charge on any atom is 0.256 e. The number of benzene rings is 1. The summed E-state index contributed by atoms with van der Waals surface area (Å²) >= 11 is 0. The zero-order chi connectivity index (χ0) is 18.8. The molecule has 0 saturated carbocycles. The number of anilines is 1. The second-order valence-electron chi connectivity index (χ2n) is 6.91. The van der Waals surface area contributed by atoms with Crippen LogP contribution in [-0.4, -0.2) is 40.2 Å². The lowest BCUT2D eigenvalue weighted by molar-refractivity contribution is 0.128. The molecule has 1 aliphatic heterocycles. The van der Waals surface area contributed by atoms with Crippen LogP contribution in [0.15, 0.2) is 42.9 Å². The summed E-state index contributed by atoms with van der Waals surface area (Å²) in [6.07, 6.45) is 4.80. The molecule has 1 aromatic carbocycles. The summed E-state index contributed by atoms with van der Waals surface area (Å²) in [5, 5.41) is 0.877. The summed E-state index contributed by atoms with van der Waals surface area (Å²) in [4.78, 5) is 10.9. The van der Waals surface area contributed by atoms with Crippen molar-refractivity contribution in [2.75, 3.05) is 18.0 Å². The van der Waals surface area contributed by atoms with Gasteiger partial charge in [-0.3, -0.25) is 0 Å². The predicted octanol–water partition coefficient (Wildman–Crippen LogP) is 4.05. The highest BCUT2D eigenvalue weighted by Gasteiger charge is 2.23. The molecule has 0 aliphatic carbocycles. The predicted molar refractivity (Wildman–Crippen MR) is 101 cm³/mol. The molecule has 2 aromatic heterocycles. The molecule has 0 atom stereocenters. The van der Waals surface area contributed by atoms with E-state index in [-0.39, 0.29) is 12.6 Å². The Balaban J connectivity index is 1.43. The number of halogens is 2. The summed E-state index contributed by atoms with van der Waals surface area (Å²) in [6.45, 7) is 3.33. The fourth-order valence-corrected chi connectivity index (χ4v) is 3.51. The Hall–Kier alpha value is -2.70. The largest absolute Gasteiger partial charge is 0.490 e. The minimum Gasteiger partial charge on any atom is -0.490 e. The third-order valence-electron chi connectivity index (χ3n) is 4.89. The minimum absolute atomic E-state index is 0.0933. The molecular formula is C20H22F2N4O. The number of fused-ring (bicyclic) bond motifs is 1. The number of hydrogen-bond donors (Lipinski definition) is 0. The zero-order valence-corrected chi connectivity index (χ0v) is 15.2. The van der Waals surface area contributed by atoms with Crippen LogP contribution in [0.3, 0.4) is 0 Å². The van der Waals surface area contributed by atoms with Crippen molar-refractivity contribution in [2.45, 2.75) is 38.8 Å². The van der Waals surface area contributed by atoms with Crippen molar-refractivity contribution in [1.29, 1.82) is 0 Å². The molecule has 0 unspecified atom stereocenters. The molecule has 3 aromatic rings. The Morgan fingerprint density at radius 2 is 1.89 bits per heavy atom. The van der Waals surface area contributed by atoms with Crippen molar-refractivity contribution in [3.8, 4) is 5.75 Å². The summed E-state index contributed by atoms with van der Waals surface area (Å²) < 4.78 is 33.3. The molecule has 0 amide bonds. The topological polar surface area (TPSA) is 43.2 Å². The number of rotatable bonds is 5. The number of aromatic nitrogens is 3. The Bertz CT molecular complexity index is 902. The lowest BCUT2D eigenvalue weighted by Gasteiger charge is -2.32. The van der Waals surface area contributed by atoms with Crippen molar-refractivity contribution in [2.24, 2.45) is 0 Å². The van der Waals surface area contributed by atoms with Gasteiger partial charge >= 0.3 is 0 Å². The van der Waals surface area contributed by atoms with Crippen LogP contribution in [-0.2, 0) is 6.54 Å². The number of nitrogens with zero attached hydrogens (tertiary/aromatic N) is 4. The molecule has 1 aliphatic rings. The van der Waals surface area contributed by atoms with Gasteiger partial charge < -0.3 is 14.2 Å². The SMILES string of the molecule is Cc1cnc(N2CCC(Oc3cccc4c3ccn4CC(F)F)CC2)nc1. The molecule has 3 heterocycles. The molecule has 1 fully saturated rings. The Kier molecular flexibility index (Phi) is 4.92. The van der Waals surface area contributed by atoms with E-state index in [0.29, 0.717) is 0 Å². The van der Waals surface area contributed by atoms with Crippen molar-refractivity contribution >= 4 is 16.9 Å². The van der Waals surface area contributed by atoms with Gasteiger partial charge in [0, 0.05) is 49.9 Å². The third kappa shape index (κ3) is 3.86. The minimum atomic E-state index is -2.38. The normalized spacial score (nSPS) is 15.6. The van der Waals surface area contributed by atoms with Gasteiger partial charge in [-0.1, -0.05) is 6.07 Å². The van der Waals surface area contributed by atoms with E-state index in [2.05, 4.69) is 14.9 Å². The van der Waals surface area contributed by atoms with E-state index < -0.39 is 6.43 Å². The standard InChI is InChI=1S/C20H22F2N4O/c1-14-11-23-20(24-12-14)25-8-5-15(6-9-25)27-18-4-2-3-17-16(18)7-10-26(17)13-19(21)22/h2-4,7,10-12,15,19H,5-6,8-9,13H2,1H3. The van der Waals surface area contributed by atoms with Crippen molar-refractivity contribution in [1.82, 2.24) is 14.5 Å². The van der Waals surface area contributed by atoms with E-state index in [9.17, 15) is 8.78 Å². The number of piperidine rings is 1. The molecule has 142 valence electrons. The molecule has 27 heavy (non-hydrogen) atoms. The van der Waals surface area contributed by atoms with Crippen molar-refractivity contribution in [3.63, 3.8) is 0 Å². The zero-order valence-electron chi connectivity index (χ0n) is 15.2. The smallest absolute Gasteiger partial charge is 0.256 e. The Morgan fingerprint density at radius 3 is 2.59 bits per heavy atom. The molecule has 5 nitrogen and oxygen atoms in total. The molecular weight excluding hydrogens is 350 g/mol. The first-order valence-corrected chi connectivity index (χ1v) is 9.16. The molecule has 0 N–H and O–H groups in total. The van der Waals surface area contributed by atoms with Gasteiger partial charge in [-0.25, -0.2) is 18.7 Å². The molecule has 0 bridgehead atoms. The van der Waals surface area contributed by atoms with E-state index >= 15 is 0 Å². The van der Waals surface area contributed by atoms with Crippen LogP contribution in [0.1, 0.15) is 18.4 Å². The quantitative estimate of drug-likeness (QED) is 0.678. The van der Waals surface area contributed by atoms with Crippen LogP contribution in [0.5, 0.6) is 5.75 Å². The van der Waals surface area contributed by atoms with Crippen molar-refractivity contribution in [3.05, 3.63) is 48.4 Å². The van der Waals surface area contributed by atoms with Gasteiger partial charge in [0.2, 0.25) is 5.95 Å². The van der Waals surface area contributed by atoms with Crippen molar-refractivity contribution < 1.29 is 13.5 Å². The van der Waals surface area contributed by atoms with Crippen LogP contribution < -0.4 is 9.64 Å². The second-order valence-corrected chi connectivity index (χ2v) is 6.91. The van der Waals surface area contributed by atoms with E-state index in [1.54, 1.807) is 10.8 Å². The van der Waals surface area contributed by atoms with E-state index in [0.717, 1.165) is 54.1 Å². The van der Waals surface area contributed by atoms with E-state index in [4.69, 9.17) is 4.74 Å². The van der Waals surface area contributed by atoms with E-state index in [1.165, 1.54) is 0 Å². The van der Waals surface area contributed by atoms with Crippen LogP contribution in [0, 0.1) is 6.92 Å². The van der Waals surface area contributed by atoms with Crippen LogP contribution >= 0.6 is 0 Å². The molecule has 7 heteroatoms. The molecule has 4 rings (SSSR count). The molecule has 0 spiro atoms. The average Bonchev–Trinajstić information content (AvgIpc) is 3.06. The van der Waals surface area contributed by atoms with Gasteiger partial charge in [-0.05, 0) is 30.7 Å². The number of aryl methyl sites for hydroxylation is 1. The Labute approximate surface area is 156 Å². The lowest BCUT2D eigenvalue weighted by atomic mass is 10.1. The highest BCUT2D eigenvalue weighted by Crippen LogP contribution is 2.30. The van der Waals surface area contributed by atoms with Crippen LogP contribution in [0.25, 0.3) is 10.9 Å². The monoisotopic (exact) mass is 372 g/mol. The fourth-order valence-electron chi connectivity index (χ4n) is 3.51. The summed E-state index contributed by atoms with van der Waals surface area (Å²) in [7, 11) is 0. The first-order valence-electron chi connectivity index (χ1n) is 9.16. The number of ether oxygens (including phenoxy) is 1. The maximum absolute atomic E-state index is 12.7. The highest BCUT2D eigenvalue weighted by atomic mass is 19.3. The van der Waals surface area contributed by atoms with Gasteiger partial charge in [0.25, 0.3) is 6.43 Å². The molecule has 1 saturated heterocycles. The number of hydrogen-bond acceptors (Lipinski definition) is 4. The van der Waals surface area contributed by atoms with Crippen LogP contribution in [0.4, 0.5) is 14.7 Å². The third-order valence-corrected chi connectivity index (χ3v) is 4.89.